The van der Waals surface area contributed by atoms with Gasteiger partial charge in [-0.1, -0.05) is 0 Å². The van der Waals surface area contributed by atoms with Crippen molar-refractivity contribution in [1.29, 1.82) is 0 Å². The van der Waals surface area contributed by atoms with E-state index in [2.05, 4.69) is 15.9 Å². The first-order chi connectivity index (χ1) is 7.75. The average molecular weight is 338 g/mol. The van der Waals surface area contributed by atoms with Gasteiger partial charge >= 0.3 is 0 Å². The van der Waals surface area contributed by atoms with Crippen molar-refractivity contribution in [3.05, 3.63) is 14.7 Å². The van der Waals surface area contributed by atoms with E-state index in [1.807, 2.05) is 20.8 Å². The Labute approximate surface area is 115 Å². The predicted molar refractivity (Wildman–Crippen MR) is 74.0 cm³/mol. The van der Waals surface area contributed by atoms with Crippen molar-refractivity contribution in [2.24, 2.45) is 0 Å². The number of aryl methyl sites for hydroxylation is 1. The van der Waals surface area contributed by atoms with Crippen LogP contribution in [0.5, 0.6) is 0 Å². The maximum Gasteiger partial charge on any atom is 0.244 e. The van der Waals surface area contributed by atoms with Gasteiger partial charge in [0.1, 0.15) is 0 Å². The molecule has 17 heavy (non-hydrogen) atoms. The molecule has 96 valence electrons. The molecule has 0 saturated carbocycles. The van der Waals surface area contributed by atoms with Crippen LogP contribution in [0, 0.1) is 6.92 Å². The van der Waals surface area contributed by atoms with Crippen molar-refractivity contribution in [3.8, 4) is 0 Å². The lowest BCUT2D eigenvalue weighted by molar-refractivity contribution is 0.291. The minimum Gasteiger partial charge on any atom is -0.207 e. The molecule has 1 aromatic rings. The van der Waals surface area contributed by atoms with Crippen molar-refractivity contribution in [2.75, 3.05) is 6.54 Å². The lowest BCUT2D eigenvalue weighted by Crippen LogP contribution is -2.42. The average Bonchev–Trinajstić information content (AvgIpc) is 2.69. The van der Waals surface area contributed by atoms with Gasteiger partial charge in [0.05, 0.1) is 8.68 Å². The van der Waals surface area contributed by atoms with Crippen molar-refractivity contribution in [3.63, 3.8) is 0 Å². The molecule has 1 aromatic heterocycles. The number of hydrogen-bond donors (Lipinski definition) is 0. The molecule has 0 bridgehead atoms. The Balaban J connectivity index is 2.47. The van der Waals surface area contributed by atoms with E-state index in [9.17, 15) is 8.42 Å². The zero-order chi connectivity index (χ0) is 12.8. The molecule has 0 spiro atoms. The van der Waals surface area contributed by atoms with Gasteiger partial charge in [-0.25, -0.2) is 8.42 Å². The number of sulfonamides is 1. The van der Waals surface area contributed by atoms with Crippen LogP contribution < -0.4 is 0 Å². The van der Waals surface area contributed by atoms with E-state index in [0.29, 0.717) is 11.4 Å². The number of nitrogens with zero attached hydrogens (tertiary/aromatic N) is 1. The second-order valence-corrected chi connectivity index (χ2v) is 9.43. The van der Waals surface area contributed by atoms with Gasteiger partial charge in [0, 0.05) is 17.0 Å². The Morgan fingerprint density at radius 1 is 1.47 bits per heavy atom. The fraction of sp³-hybridized carbons (Fsp3) is 0.636. The van der Waals surface area contributed by atoms with Crippen LogP contribution in [0.15, 0.2) is 14.7 Å². The summed E-state index contributed by atoms with van der Waals surface area (Å²) in [6.07, 6.45) is 1.87. The number of thiophene rings is 1. The predicted octanol–water partition coefficient (Wildman–Crippen LogP) is 3.38. The summed E-state index contributed by atoms with van der Waals surface area (Å²) in [6.45, 7) is 6.47. The highest BCUT2D eigenvalue weighted by Gasteiger charge is 2.41. The molecule has 0 aliphatic carbocycles. The third-order valence-corrected chi connectivity index (χ3v) is 7.15. The molecule has 1 fully saturated rings. The van der Waals surface area contributed by atoms with Crippen LogP contribution in [0.2, 0.25) is 0 Å². The molecule has 6 heteroatoms. The minimum atomic E-state index is -3.34. The maximum atomic E-state index is 12.6. The standard InChI is InChI=1S/C11H16BrNO2S2/c1-8-9(7-10(12)16-8)17(14,15)13-6-4-5-11(13,2)3/h7H,4-6H2,1-3H3. The molecule has 1 aliphatic heterocycles. The summed E-state index contributed by atoms with van der Waals surface area (Å²) in [5, 5.41) is 0. The van der Waals surface area contributed by atoms with Gasteiger partial charge in [0.2, 0.25) is 10.0 Å². The molecule has 1 aliphatic rings. The normalized spacial score (nSPS) is 20.9. The lowest BCUT2D eigenvalue weighted by atomic mass is 10.0. The largest absolute Gasteiger partial charge is 0.244 e. The molecule has 0 N–H and O–H groups in total. The molecule has 0 atom stereocenters. The van der Waals surface area contributed by atoms with E-state index >= 15 is 0 Å². The topological polar surface area (TPSA) is 37.4 Å². The second-order valence-electron chi connectivity index (χ2n) is 4.96. The van der Waals surface area contributed by atoms with Crippen LogP contribution in [-0.2, 0) is 10.0 Å². The smallest absolute Gasteiger partial charge is 0.207 e. The van der Waals surface area contributed by atoms with Crippen molar-refractivity contribution >= 4 is 37.3 Å². The number of hydrogen-bond acceptors (Lipinski definition) is 3. The summed E-state index contributed by atoms with van der Waals surface area (Å²) in [5.74, 6) is 0. The molecular formula is C11H16BrNO2S2. The van der Waals surface area contributed by atoms with Gasteiger partial charge in [0.25, 0.3) is 0 Å². The van der Waals surface area contributed by atoms with Gasteiger partial charge in [-0.3, -0.25) is 0 Å². The van der Waals surface area contributed by atoms with E-state index in [4.69, 9.17) is 0 Å². The molecule has 2 heterocycles. The molecule has 0 amide bonds. The fourth-order valence-corrected chi connectivity index (χ4v) is 6.57. The van der Waals surface area contributed by atoms with Gasteiger partial charge in [-0.05, 0) is 55.6 Å². The molecule has 0 unspecified atom stereocenters. The third-order valence-electron chi connectivity index (χ3n) is 3.24. The van der Waals surface area contributed by atoms with E-state index in [-0.39, 0.29) is 5.54 Å². The fourth-order valence-electron chi connectivity index (χ4n) is 2.33. The minimum absolute atomic E-state index is 0.264. The summed E-state index contributed by atoms with van der Waals surface area (Å²) >= 11 is 4.81. The Morgan fingerprint density at radius 3 is 2.53 bits per heavy atom. The van der Waals surface area contributed by atoms with Crippen molar-refractivity contribution in [1.82, 2.24) is 4.31 Å². The zero-order valence-electron chi connectivity index (χ0n) is 10.2. The van der Waals surface area contributed by atoms with Gasteiger partial charge in [-0.15, -0.1) is 11.3 Å². The van der Waals surface area contributed by atoms with Gasteiger partial charge in [-0.2, -0.15) is 4.31 Å². The van der Waals surface area contributed by atoms with Crippen LogP contribution in [0.25, 0.3) is 0 Å². The molecule has 1 saturated heterocycles. The Bertz CT molecular complexity index is 534. The molecule has 3 nitrogen and oxygen atoms in total. The van der Waals surface area contributed by atoms with Gasteiger partial charge < -0.3 is 0 Å². The van der Waals surface area contributed by atoms with Crippen LogP contribution in [-0.4, -0.2) is 24.8 Å². The van der Waals surface area contributed by atoms with Crippen LogP contribution in [0.4, 0.5) is 0 Å². The van der Waals surface area contributed by atoms with Crippen LogP contribution in [0.1, 0.15) is 31.6 Å². The summed E-state index contributed by atoms with van der Waals surface area (Å²) < 4.78 is 27.7. The molecule has 0 aromatic carbocycles. The van der Waals surface area contributed by atoms with Crippen molar-refractivity contribution < 1.29 is 8.42 Å². The number of rotatable bonds is 2. The molecule has 2 rings (SSSR count). The van der Waals surface area contributed by atoms with Crippen molar-refractivity contribution in [2.45, 2.75) is 44.0 Å². The Morgan fingerprint density at radius 2 is 2.12 bits per heavy atom. The monoisotopic (exact) mass is 337 g/mol. The highest BCUT2D eigenvalue weighted by Crippen LogP contribution is 2.37. The highest BCUT2D eigenvalue weighted by molar-refractivity contribution is 9.11. The Kier molecular flexibility index (Phi) is 3.44. The van der Waals surface area contributed by atoms with E-state index in [1.165, 1.54) is 11.3 Å². The zero-order valence-corrected chi connectivity index (χ0v) is 13.4. The summed E-state index contributed by atoms with van der Waals surface area (Å²) in [7, 11) is -3.34. The summed E-state index contributed by atoms with van der Waals surface area (Å²) in [4.78, 5) is 1.30. The number of halogens is 1. The Hall–Kier alpha value is 0.0900. The highest BCUT2D eigenvalue weighted by atomic mass is 79.9. The summed E-state index contributed by atoms with van der Waals surface area (Å²) in [6, 6.07) is 1.71. The quantitative estimate of drug-likeness (QED) is 0.829. The summed E-state index contributed by atoms with van der Waals surface area (Å²) in [5.41, 5.74) is -0.264. The maximum absolute atomic E-state index is 12.6. The second kappa shape index (κ2) is 4.33. The first kappa shape index (κ1) is 13.5. The first-order valence-corrected chi connectivity index (χ1v) is 8.59. The third kappa shape index (κ3) is 2.32. The first-order valence-electron chi connectivity index (χ1n) is 5.54. The van der Waals surface area contributed by atoms with E-state index in [1.54, 1.807) is 10.4 Å². The van der Waals surface area contributed by atoms with Gasteiger partial charge in [0.15, 0.2) is 0 Å². The van der Waals surface area contributed by atoms with Crippen LogP contribution >= 0.6 is 27.3 Å². The van der Waals surface area contributed by atoms with Crippen LogP contribution in [0.3, 0.4) is 0 Å². The molecule has 0 radical (unpaired) electrons. The van der Waals surface area contributed by atoms with E-state index < -0.39 is 10.0 Å². The van der Waals surface area contributed by atoms with E-state index in [0.717, 1.165) is 21.5 Å². The lowest BCUT2D eigenvalue weighted by Gasteiger charge is -2.30. The SMILES string of the molecule is Cc1sc(Br)cc1S(=O)(=O)N1CCCC1(C)C. The molecular weight excluding hydrogens is 322 g/mol.